The summed E-state index contributed by atoms with van der Waals surface area (Å²) in [5.41, 5.74) is 0.692. The van der Waals surface area contributed by atoms with Crippen LogP contribution in [0.2, 0.25) is 0 Å². The van der Waals surface area contributed by atoms with E-state index in [1.54, 1.807) is 12.1 Å². The lowest BCUT2D eigenvalue weighted by Gasteiger charge is -2.19. The Hall–Kier alpha value is -1.69. The van der Waals surface area contributed by atoms with Crippen LogP contribution in [0.5, 0.6) is 0 Å². The van der Waals surface area contributed by atoms with Gasteiger partial charge in [0.05, 0.1) is 11.8 Å². The largest absolute Gasteiger partial charge is 0.326 e. The van der Waals surface area contributed by atoms with Gasteiger partial charge in [-0.05, 0) is 31.0 Å². The number of rotatable bonds is 4. The molecule has 1 saturated carbocycles. The fraction of sp³-hybridized carbons (Fsp3) is 0.471. The van der Waals surface area contributed by atoms with Gasteiger partial charge in [-0.15, -0.1) is 0 Å². The SMILES string of the molecule is O=C(CCN1C(=O)[C@@H]2CCCC[C@H]2C1=O)Nc1cccc(Br)c1. The molecule has 6 heteroatoms. The van der Waals surface area contributed by atoms with Gasteiger partial charge in [0.25, 0.3) is 0 Å². The number of carbonyl (C=O) groups is 3. The molecule has 2 aliphatic rings. The van der Waals surface area contributed by atoms with Crippen molar-refractivity contribution >= 4 is 39.3 Å². The fourth-order valence-electron chi connectivity index (χ4n) is 3.45. The van der Waals surface area contributed by atoms with Gasteiger partial charge in [0.15, 0.2) is 0 Å². The smallest absolute Gasteiger partial charge is 0.233 e. The Morgan fingerprint density at radius 3 is 2.43 bits per heavy atom. The van der Waals surface area contributed by atoms with Crippen LogP contribution in [0.15, 0.2) is 28.7 Å². The summed E-state index contributed by atoms with van der Waals surface area (Å²) in [6.45, 7) is 0.171. The Kier molecular flexibility index (Phi) is 4.80. The molecule has 3 amide bonds. The minimum Gasteiger partial charge on any atom is -0.326 e. The van der Waals surface area contributed by atoms with Crippen molar-refractivity contribution in [2.24, 2.45) is 11.8 Å². The van der Waals surface area contributed by atoms with Gasteiger partial charge in [-0.1, -0.05) is 34.8 Å². The number of likely N-dealkylation sites (tertiary alicyclic amines) is 1. The Balaban J connectivity index is 1.56. The second-order valence-electron chi connectivity index (χ2n) is 6.13. The molecule has 2 fully saturated rings. The molecule has 2 atom stereocenters. The monoisotopic (exact) mass is 378 g/mol. The molecule has 1 aliphatic carbocycles. The van der Waals surface area contributed by atoms with Crippen molar-refractivity contribution in [3.63, 3.8) is 0 Å². The Morgan fingerprint density at radius 1 is 1.17 bits per heavy atom. The van der Waals surface area contributed by atoms with Crippen LogP contribution in [0.1, 0.15) is 32.1 Å². The number of halogens is 1. The van der Waals surface area contributed by atoms with Crippen LogP contribution in [0.4, 0.5) is 5.69 Å². The third-order valence-electron chi connectivity index (χ3n) is 4.60. The molecule has 5 nitrogen and oxygen atoms in total. The standard InChI is InChI=1S/C17H19BrN2O3/c18-11-4-3-5-12(10-11)19-15(21)8-9-20-16(22)13-6-1-2-7-14(13)17(20)23/h3-5,10,13-14H,1-2,6-9H2,(H,19,21)/t13-,14-/m1/s1. The lowest BCUT2D eigenvalue weighted by atomic mass is 9.81. The number of nitrogens with one attached hydrogen (secondary N) is 1. The van der Waals surface area contributed by atoms with Crippen LogP contribution in [0.3, 0.4) is 0 Å². The van der Waals surface area contributed by atoms with E-state index < -0.39 is 0 Å². The van der Waals surface area contributed by atoms with E-state index in [4.69, 9.17) is 0 Å². The number of benzene rings is 1. The van der Waals surface area contributed by atoms with E-state index in [0.29, 0.717) is 5.69 Å². The summed E-state index contributed by atoms with van der Waals surface area (Å²) in [4.78, 5) is 38.0. The van der Waals surface area contributed by atoms with Crippen molar-refractivity contribution in [3.8, 4) is 0 Å². The van der Waals surface area contributed by atoms with Gasteiger partial charge in [-0.2, -0.15) is 0 Å². The number of amides is 3. The van der Waals surface area contributed by atoms with Gasteiger partial charge in [0.2, 0.25) is 17.7 Å². The summed E-state index contributed by atoms with van der Waals surface area (Å²) in [7, 11) is 0. The van der Waals surface area contributed by atoms with E-state index in [9.17, 15) is 14.4 Å². The highest BCUT2D eigenvalue weighted by Crippen LogP contribution is 2.37. The number of hydrogen-bond donors (Lipinski definition) is 1. The number of carbonyl (C=O) groups excluding carboxylic acids is 3. The molecule has 1 N–H and O–H groups in total. The van der Waals surface area contributed by atoms with Crippen molar-refractivity contribution in [1.29, 1.82) is 0 Å². The molecular formula is C17H19BrN2O3. The molecule has 0 spiro atoms. The molecule has 3 rings (SSSR count). The van der Waals surface area contributed by atoms with Gasteiger partial charge in [-0.25, -0.2) is 0 Å². The molecule has 0 radical (unpaired) electrons. The Morgan fingerprint density at radius 2 is 1.83 bits per heavy atom. The molecule has 122 valence electrons. The average Bonchev–Trinajstić information content (AvgIpc) is 2.77. The van der Waals surface area contributed by atoms with E-state index in [2.05, 4.69) is 21.2 Å². The van der Waals surface area contributed by atoms with Crippen molar-refractivity contribution in [3.05, 3.63) is 28.7 Å². The third-order valence-corrected chi connectivity index (χ3v) is 5.10. The first kappa shape index (κ1) is 16.2. The van der Waals surface area contributed by atoms with E-state index in [-0.39, 0.29) is 42.5 Å². The highest BCUT2D eigenvalue weighted by Gasteiger charge is 2.47. The molecule has 1 heterocycles. The Labute approximate surface area is 143 Å². The van der Waals surface area contributed by atoms with Gasteiger partial charge in [0, 0.05) is 23.1 Å². The minimum absolute atomic E-state index is 0.0880. The summed E-state index contributed by atoms with van der Waals surface area (Å²) < 4.78 is 0.879. The van der Waals surface area contributed by atoms with Crippen LogP contribution >= 0.6 is 15.9 Å². The molecular weight excluding hydrogens is 360 g/mol. The predicted molar refractivity (Wildman–Crippen MR) is 89.6 cm³/mol. The lowest BCUT2D eigenvalue weighted by molar-refractivity contribution is -0.140. The molecule has 1 aromatic carbocycles. The minimum atomic E-state index is -0.196. The van der Waals surface area contributed by atoms with Crippen LogP contribution < -0.4 is 5.32 Å². The van der Waals surface area contributed by atoms with Gasteiger partial charge in [0.1, 0.15) is 0 Å². The van der Waals surface area contributed by atoms with Crippen LogP contribution in [-0.2, 0) is 14.4 Å². The summed E-state index contributed by atoms with van der Waals surface area (Å²) in [6.07, 6.45) is 3.75. The maximum Gasteiger partial charge on any atom is 0.233 e. The van der Waals surface area contributed by atoms with E-state index in [0.717, 1.165) is 30.2 Å². The van der Waals surface area contributed by atoms with E-state index in [1.165, 1.54) is 4.90 Å². The zero-order valence-corrected chi connectivity index (χ0v) is 14.3. The van der Waals surface area contributed by atoms with Crippen LogP contribution in [-0.4, -0.2) is 29.2 Å². The first-order chi connectivity index (χ1) is 11.1. The topological polar surface area (TPSA) is 66.5 Å². The maximum atomic E-state index is 12.3. The second-order valence-corrected chi connectivity index (χ2v) is 7.05. The molecule has 1 aromatic rings. The van der Waals surface area contributed by atoms with Crippen LogP contribution in [0.25, 0.3) is 0 Å². The molecule has 0 aromatic heterocycles. The third kappa shape index (κ3) is 3.47. The molecule has 1 saturated heterocycles. The van der Waals surface area contributed by atoms with Gasteiger partial charge < -0.3 is 5.32 Å². The zero-order chi connectivity index (χ0) is 16.4. The second kappa shape index (κ2) is 6.83. The molecule has 1 aliphatic heterocycles. The quantitative estimate of drug-likeness (QED) is 0.818. The first-order valence-electron chi connectivity index (χ1n) is 7.97. The normalized spacial score (nSPS) is 23.8. The molecule has 0 unspecified atom stereocenters. The maximum absolute atomic E-state index is 12.3. The van der Waals surface area contributed by atoms with Crippen molar-refractivity contribution in [2.75, 3.05) is 11.9 Å². The van der Waals surface area contributed by atoms with E-state index in [1.807, 2.05) is 12.1 Å². The van der Waals surface area contributed by atoms with Crippen LogP contribution in [0, 0.1) is 11.8 Å². The molecule has 23 heavy (non-hydrogen) atoms. The summed E-state index contributed by atoms with van der Waals surface area (Å²) in [6, 6.07) is 7.30. The van der Waals surface area contributed by atoms with Crippen molar-refractivity contribution < 1.29 is 14.4 Å². The highest BCUT2D eigenvalue weighted by atomic mass is 79.9. The Bertz CT molecular complexity index is 622. The average molecular weight is 379 g/mol. The fourth-order valence-corrected chi connectivity index (χ4v) is 3.85. The van der Waals surface area contributed by atoms with Crippen molar-refractivity contribution in [1.82, 2.24) is 4.90 Å². The lowest BCUT2D eigenvalue weighted by Crippen LogP contribution is -2.34. The summed E-state index contributed by atoms with van der Waals surface area (Å²) in [5, 5.41) is 2.78. The van der Waals surface area contributed by atoms with Gasteiger partial charge >= 0.3 is 0 Å². The number of nitrogens with zero attached hydrogens (tertiary/aromatic N) is 1. The van der Waals surface area contributed by atoms with Gasteiger partial charge in [-0.3, -0.25) is 19.3 Å². The number of fused-ring (bicyclic) bond motifs is 1. The number of anilines is 1. The summed E-state index contributed by atoms with van der Waals surface area (Å²) >= 11 is 3.35. The zero-order valence-electron chi connectivity index (χ0n) is 12.8. The number of imide groups is 1. The summed E-state index contributed by atoms with van der Waals surface area (Å²) in [5.74, 6) is -0.669. The van der Waals surface area contributed by atoms with Crippen molar-refractivity contribution in [2.45, 2.75) is 32.1 Å². The molecule has 0 bridgehead atoms. The van der Waals surface area contributed by atoms with E-state index >= 15 is 0 Å². The first-order valence-corrected chi connectivity index (χ1v) is 8.76. The predicted octanol–water partition coefficient (Wildman–Crippen LogP) is 2.95. The highest BCUT2D eigenvalue weighted by molar-refractivity contribution is 9.10. The number of hydrogen-bond acceptors (Lipinski definition) is 3.